The number of nitrogens with zero attached hydrogens (tertiary/aromatic N) is 2. The number of likely N-dealkylation sites (N-methyl/N-ethyl adjacent to an activating group) is 1. The third-order valence-corrected chi connectivity index (χ3v) is 3.92. The largest absolute Gasteiger partial charge is 0.378 e. The topological polar surface area (TPSA) is 61.9 Å². The lowest BCUT2D eigenvalue weighted by Crippen LogP contribution is -2.64. The minimum atomic E-state index is -0.750. The van der Waals surface area contributed by atoms with Crippen molar-refractivity contribution in [1.82, 2.24) is 15.1 Å². The van der Waals surface area contributed by atoms with Crippen molar-refractivity contribution in [1.29, 1.82) is 0 Å². The number of carbonyl (C=O) groups excluding carboxylic acids is 2. The Morgan fingerprint density at radius 1 is 1.45 bits per heavy atom. The Bertz CT molecular complexity index is 370. The number of hydrogen-bond donors (Lipinski definition) is 1. The van der Waals surface area contributed by atoms with Gasteiger partial charge in [0.15, 0.2) is 0 Å². The molecule has 20 heavy (non-hydrogen) atoms. The molecule has 7 heteroatoms. The molecule has 0 aromatic rings. The highest BCUT2D eigenvalue weighted by Gasteiger charge is 2.43. The maximum Gasteiger partial charge on any atom is 0.247 e. The van der Waals surface area contributed by atoms with Gasteiger partial charge in [-0.1, -0.05) is 0 Å². The lowest BCUT2D eigenvalue weighted by Gasteiger charge is -2.45. The van der Waals surface area contributed by atoms with E-state index in [4.69, 9.17) is 4.74 Å². The molecule has 2 fully saturated rings. The van der Waals surface area contributed by atoms with Crippen LogP contribution >= 0.6 is 12.4 Å². The molecule has 0 saturated carbocycles. The summed E-state index contributed by atoms with van der Waals surface area (Å²) in [5.41, 5.74) is -0.750. The molecule has 2 heterocycles. The van der Waals surface area contributed by atoms with Gasteiger partial charge in [-0.25, -0.2) is 0 Å². The first kappa shape index (κ1) is 17.2. The number of amides is 2. The van der Waals surface area contributed by atoms with Gasteiger partial charge in [-0.15, -0.1) is 12.4 Å². The van der Waals surface area contributed by atoms with Gasteiger partial charge in [-0.3, -0.25) is 9.59 Å². The highest BCUT2D eigenvalue weighted by molar-refractivity contribution is 5.91. The lowest BCUT2D eigenvalue weighted by atomic mass is 9.96. The van der Waals surface area contributed by atoms with Crippen molar-refractivity contribution < 1.29 is 14.3 Å². The van der Waals surface area contributed by atoms with Crippen LogP contribution in [-0.4, -0.2) is 73.1 Å². The molecule has 2 rings (SSSR count). The number of nitrogens with one attached hydrogen (secondary N) is 1. The van der Waals surface area contributed by atoms with Crippen molar-refractivity contribution in [2.45, 2.75) is 31.8 Å². The third-order valence-electron chi connectivity index (χ3n) is 3.92. The van der Waals surface area contributed by atoms with E-state index in [-0.39, 0.29) is 30.3 Å². The second kappa shape index (κ2) is 6.74. The second-order valence-electron chi connectivity index (χ2n) is 5.76. The zero-order valence-electron chi connectivity index (χ0n) is 12.3. The van der Waals surface area contributed by atoms with Crippen molar-refractivity contribution >= 4 is 24.2 Å². The maximum atomic E-state index is 12.4. The predicted octanol–water partition coefficient (Wildman–Crippen LogP) is -0.134. The first-order valence-electron chi connectivity index (χ1n) is 6.80. The minimum Gasteiger partial charge on any atom is -0.378 e. The van der Waals surface area contributed by atoms with Crippen molar-refractivity contribution in [2.75, 3.05) is 39.9 Å². The fourth-order valence-corrected chi connectivity index (χ4v) is 2.72. The summed E-state index contributed by atoms with van der Waals surface area (Å²) in [5.74, 6) is 0.0226. The van der Waals surface area contributed by atoms with Gasteiger partial charge >= 0.3 is 0 Å². The fourth-order valence-electron chi connectivity index (χ4n) is 2.72. The summed E-state index contributed by atoms with van der Waals surface area (Å²) < 4.78 is 5.35. The van der Waals surface area contributed by atoms with Crippen LogP contribution in [0.2, 0.25) is 0 Å². The molecule has 1 unspecified atom stereocenters. The van der Waals surface area contributed by atoms with E-state index in [1.54, 1.807) is 16.8 Å². The molecular weight excluding hydrogens is 282 g/mol. The minimum absolute atomic E-state index is 0. The Morgan fingerprint density at radius 2 is 2.15 bits per heavy atom. The molecular formula is C13H24ClN3O3. The maximum absolute atomic E-state index is 12.4. The molecule has 0 spiro atoms. The van der Waals surface area contributed by atoms with Crippen molar-refractivity contribution in [3.05, 3.63) is 0 Å². The number of hydrogen-bond acceptors (Lipinski definition) is 4. The van der Waals surface area contributed by atoms with E-state index in [1.807, 2.05) is 13.8 Å². The van der Waals surface area contributed by atoms with Gasteiger partial charge in [0.2, 0.25) is 11.8 Å². The summed E-state index contributed by atoms with van der Waals surface area (Å²) in [6.07, 6.45) is 0.389. The van der Waals surface area contributed by atoms with E-state index in [0.29, 0.717) is 32.7 Å². The van der Waals surface area contributed by atoms with Gasteiger partial charge in [-0.2, -0.15) is 0 Å². The molecule has 2 aliphatic rings. The Hall–Kier alpha value is -0.850. The molecule has 1 atom stereocenters. The Morgan fingerprint density at radius 3 is 2.75 bits per heavy atom. The zero-order valence-corrected chi connectivity index (χ0v) is 13.2. The predicted molar refractivity (Wildman–Crippen MR) is 77.9 cm³/mol. The molecule has 0 radical (unpaired) electrons. The standard InChI is InChI=1S/C13H23N3O3.ClH/c1-13(2)12(18)15(3)5-6-16(13)11(17)8-10-9-19-7-4-14-10;/h10,14H,4-9H2,1-3H3;1H. The van der Waals surface area contributed by atoms with Gasteiger partial charge in [-0.05, 0) is 13.8 Å². The summed E-state index contributed by atoms with van der Waals surface area (Å²) in [6.45, 7) is 6.87. The number of carbonyl (C=O) groups is 2. The molecule has 2 aliphatic heterocycles. The van der Waals surface area contributed by atoms with E-state index in [0.717, 1.165) is 6.54 Å². The van der Waals surface area contributed by atoms with Crippen molar-refractivity contribution in [3.8, 4) is 0 Å². The van der Waals surface area contributed by atoms with E-state index in [1.165, 1.54) is 0 Å². The number of piperazine rings is 1. The molecule has 0 bridgehead atoms. The highest BCUT2D eigenvalue weighted by Crippen LogP contribution is 2.23. The van der Waals surface area contributed by atoms with Crippen molar-refractivity contribution in [3.63, 3.8) is 0 Å². The first-order chi connectivity index (χ1) is 8.93. The monoisotopic (exact) mass is 305 g/mol. The lowest BCUT2D eigenvalue weighted by molar-refractivity contribution is -0.157. The van der Waals surface area contributed by atoms with Crippen LogP contribution in [-0.2, 0) is 14.3 Å². The molecule has 0 aromatic carbocycles. The number of rotatable bonds is 2. The van der Waals surface area contributed by atoms with Crippen LogP contribution in [0.5, 0.6) is 0 Å². The third kappa shape index (κ3) is 3.42. The average molecular weight is 306 g/mol. The summed E-state index contributed by atoms with van der Waals surface area (Å²) in [5, 5.41) is 3.27. The Kier molecular flexibility index (Phi) is 5.79. The zero-order chi connectivity index (χ0) is 14.0. The van der Waals surface area contributed by atoms with Crippen LogP contribution in [0.15, 0.2) is 0 Å². The van der Waals surface area contributed by atoms with Gasteiger partial charge in [0.1, 0.15) is 5.54 Å². The van der Waals surface area contributed by atoms with E-state index >= 15 is 0 Å². The van der Waals surface area contributed by atoms with Crippen LogP contribution in [0.3, 0.4) is 0 Å². The smallest absolute Gasteiger partial charge is 0.247 e. The molecule has 2 saturated heterocycles. The number of halogens is 1. The van der Waals surface area contributed by atoms with Crippen LogP contribution in [0, 0.1) is 0 Å². The quantitative estimate of drug-likeness (QED) is 0.772. The van der Waals surface area contributed by atoms with Gasteiger partial charge in [0.05, 0.1) is 13.2 Å². The van der Waals surface area contributed by atoms with Crippen LogP contribution in [0.1, 0.15) is 20.3 Å². The fraction of sp³-hybridized carbons (Fsp3) is 0.846. The van der Waals surface area contributed by atoms with Gasteiger partial charge < -0.3 is 19.9 Å². The van der Waals surface area contributed by atoms with E-state index in [2.05, 4.69) is 5.32 Å². The average Bonchev–Trinajstić information content (AvgIpc) is 2.37. The number of morpholine rings is 1. The molecule has 2 amide bonds. The summed E-state index contributed by atoms with van der Waals surface area (Å²) in [6, 6.07) is 0.0619. The normalized spacial score (nSPS) is 26.1. The molecule has 116 valence electrons. The molecule has 0 aliphatic carbocycles. The first-order valence-corrected chi connectivity index (χ1v) is 6.80. The summed E-state index contributed by atoms with van der Waals surface area (Å²) in [7, 11) is 1.78. The molecule has 6 nitrogen and oxygen atoms in total. The van der Waals surface area contributed by atoms with Gasteiger partial charge in [0, 0.05) is 39.1 Å². The van der Waals surface area contributed by atoms with E-state index in [9.17, 15) is 9.59 Å². The van der Waals surface area contributed by atoms with Crippen LogP contribution in [0.25, 0.3) is 0 Å². The highest BCUT2D eigenvalue weighted by atomic mass is 35.5. The van der Waals surface area contributed by atoms with E-state index < -0.39 is 5.54 Å². The SMILES string of the molecule is CN1CCN(C(=O)CC2COCCN2)C(C)(C)C1=O.Cl. The summed E-state index contributed by atoms with van der Waals surface area (Å²) in [4.78, 5) is 27.9. The summed E-state index contributed by atoms with van der Waals surface area (Å²) >= 11 is 0. The molecule has 0 aromatic heterocycles. The van der Waals surface area contributed by atoms with Gasteiger partial charge in [0.25, 0.3) is 0 Å². The van der Waals surface area contributed by atoms with Crippen molar-refractivity contribution in [2.24, 2.45) is 0 Å². The van der Waals surface area contributed by atoms with Crippen LogP contribution in [0.4, 0.5) is 0 Å². The molecule has 1 N–H and O–H groups in total. The Labute approximate surface area is 126 Å². The van der Waals surface area contributed by atoms with Crippen LogP contribution < -0.4 is 5.32 Å². The number of ether oxygens (including phenoxy) is 1. The second-order valence-corrected chi connectivity index (χ2v) is 5.76. The Balaban J connectivity index is 0.00000200.